The van der Waals surface area contributed by atoms with E-state index < -0.39 is 0 Å². The molecule has 2 N–H and O–H groups in total. The molecule has 0 aliphatic carbocycles. The van der Waals surface area contributed by atoms with Crippen molar-refractivity contribution in [3.05, 3.63) is 42.1 Å². The van der Waals surface area contributed by atoms with Gasteiger partial charge in [0.15, 0.2) is 5.82 Å². The molecule has 0 aliphatic heterocycles. The van der Waals surface area contributed by atoms with Crippen molar-refractivity contribution >= 4 is 11.5 Å². The van der Waals surface area contributed by atoms with Gasteiger partial charge in [0, 0.05) is 6.54 Å². The maximum absolute atomic E-state index is 5.63. The first-order valence-corrected chi connectivity index (χ1v) is 6.67. The third kappa shape index (κ3) is 3.24. The minimum absolute atomic E-state index is 0.630. The highest BCUT2D eigenvalue weighted by molar-refractivity contribution is 5.66. The van der Waals surface area contributed by atoms with E-state index in [1.165, 1.54) is 0 Å². The van der Waals surface area contributed by atoms with Crippen molar-refractivity contribution in [2.75, 3.05) is 25.1 Å². The van der Waals surface area contributed by atoms with E-state index in [0.29, 0.717) is 6.54 Å². The van der Waals surface area contributed by atoms with Crippen molar-refractivity contribution in [3.8, 4) is 5.75 Å². The van der Waals surface area contributed by atoms with Gasteiger partial charge in [0.2, 0.25) is 0 Å². The Morgan fingerprint density at radius 2 is 1.95 bits per heavy atom. The minimum Gasteiger partial charge on any atom is -0.495 e. The molecule has 0 unspecified atom stereocenters. The van der Waals surface area contributed by atoms with Gasteiger partial charge in [0.1, 0.15) is 5.75 Å². The van der Waals surface area contributed by atoms with Crippen LogP contribution in [0.4, 0.5) is 11.5 Å². The highest BCUT2D eigenvalue weighted by Crippen LogP contribution is 2.32. The summed E-state index contributed by atoms with van der Waals surface area (Å²) in [6.45, 7) is 3.32. The molecule has 5 heteroatoms. The lowest BCUT2D eigenvalue weighted by Crippen LogP contribution is -2.22. The van der Waals surface area contributed by atoms with Crippen LogP contribution in [0.25, 0.3) is 0 Å². The molecule has 106 valence electrons. The summed E-state index contributed by atoms with van der Waals surface area (Å²) in [7, 11) is 1.67. The second kappa shape index (κ2) is 6.86. The van der Waals surface area contributed by atoms with Crippen molar-refractivity contribution in [3.63, 3.8) is 0 Å². The Balaban J connectivity index is 2.38. The SMILES string of the molecule is COc1ccccc1N(CCCN)c1ccc(C)nn1. The largest absolute Gasteiger partial charge is 0.495 e. The molecule has 1 aromatic carbocycles. The van der Waals surface area contributed by atoms with Crippen LogP contribution in [0, 0.1) is 6.92 Å². The van der Waals surface area contributed by atoms with Crippen LogP contribution >= 0.6 is 0 Å². The number of anilines is 2. The number of benzene rings is 1. The Hall–Kier alpha value is -2.14. The topological polar surface area (TPSA) is 64.3 Å². The fourth-order valence-corrected chi connectivity index (χ4v) is 2.00. The lowest BCUT2D eigenvalue weighted by Gasteiger charge is -2.25. The first kappa shape index (κ1) is 14.3. The van der Waals surface area contributed by atoms with Crippen LogP contribution in [-0.4, -0.2) is 30.4 Å². The number of nitrogens with two attached hydrogens (primary N) is 1. The molecule has 0 amide bonds. The Labute approximate surface area is 119 Å². The van der Waals surface area contributed by atoms with E-state index in [4.69, 9.17) is 10.5 Å². The van der Waals surface area contributed by atoms with Gasteiger partial charge in [-0.3, -0.25) is 0 Å². The third-order valence-electron chi connectivity index (χ3n) is 3.02. The minimum atomic E-state index is 0.630. The van der Waals surface area contributed by atoms with E-state index in [0.717, 1.165) is 35.9 Å². The summed E-state index contributed by atoms with van der Waals surface area (Å²) < 4.78 is 5.43. The van der Waals surface area contributed by atoms with Crippen molar-refractivity contribution in [2.45, 2.75) is 13.3 Å². The van der Waals surface area contributed by atoms with Gasteiger partial charge in [0.25, 0.3) is 0 Å². The zero-order valence-corrected chi connectivity index (χ0v) is 11.9. The van der Waals surface area contributed by atoms with Crippen molar-refractivity contribution in [1.82, 2.24) is 10.2 Å². The second-order valence-corrected chi connectivity index (χ2v) is 4.50. The molecule has 1 aromatic heterocycles. The summed E-state index contributed by atoms with van der Waals surface area (Å²) in [6.07, 6.45) is 0.869. The fraction of sp³-hybridized carbons (Fsp3) is 0.333. The summed E-state index contributed by atoms with van der Waals surface area (Å²) >= 11 is 0. The number of rotatable bonds is 6. The summed E-state index contributed by atoms with van der Waals surface area (Å²) in [5.74, 6) is 1.61. The molecular weight excluding hydrogens is 252 g/mol. The van der Waals surface area contributed by atoms with E-state index in [9.17, 15) is 0 Å². The number of hydrogen-bond acceptors (Lipinski definition) is 5. The molecule has 2 rings (SSSR count). The van der Waals surface area contributed by atoms with Crippen LogP contribution in [0.1, 0.15) is 12.1 Å². The van der Waals surface area contributed by atoms with Crippen LogP contribution in [0.3, 0.4) is 0 Å². The predicted octanol–water partition coefficient (Wildman–Crippen LogP) is 2.28. The summed E-state index contributed by atoms with van der Waals surface area (Å²) in [4.78, 5) is 2.08. The number of aryl methyl sites for hydroxylation is 1. The quantitative estimate of drug-likeness (QED) is 0.874. The first-order chi connectivity index (χ1) is 9.76. The van der Waals surface area contributed by atoms with Gasteiger partial charge in [-0.1, -0.05) is 12.1 Å². The lowest BCUT2D eigenvalue weighted by molar-refractivity contribution is 0.415. The van der Waals surface area contributed by atoms with Gasteiger partial charge in [-0.25, -0.2) is 0 Å². The molecule has 0 fully saturated rings. The number of nitrogens with zero attached hydrogens (tertiary/aromatic N) is 3. The Morgan fingerprint density at radius 3 is 2.60 bits per heavy atom. The molecule has 5 nitrogen and oxygen atoms in total. The normalized spacial score (nSPS) is 10.3. The molecule has 20 heavy (non-hydrogen) atoms. The lowest BCUT2D eigenvalue weighted by atomic mass is 10.2. The van der Waals surface area contributed by atoms with Gasteiger partial charge in [-0.15, -0.1) is 5.10 Å². The van der Waals surface area contributed by atoms with Crippen LogP contribution < -0.4 is 15.4 Å². The highest BCUT2D eigenvalue weighted by Gasteiger charge is 2.14. The van der Waals surface area contributed by atoms with E-state index >= 15 is 0 Å². The van der Waals surface area contributed by atoms with Crippen LogP contribution in [-0.2, 0) is 0 Å². The van der Waals surface area contributed by atoms with Crippen molar-refractivity contribution in [1.29, 1.82) is 0 Å². The maximum atomic E-state index is 5.63. The standard InChI is InChI=1S/C15H20N4O/c1-12-8-9-15(18-17-12)19(11-5-10-16)13-6-3-4-7-14(13)20-2/h3-4,6-9H,5,10-11,16H2,1-2H3. The molecule has 0 saturated heterocycles. The predicted molar refractivity (Wildman–Crippen MR) is 80.4 cm³/mol. The number of hydrogen-bond donors (Lipinski definition) is 1. The zero-order valence-electron chi connectivity index (χ0n) is 11.9. The molecule has 0 saturated carbocycles. The maximum Gasteiger partial charge on any atom is 0.155 e. The van der Waals surface area contributed by atoms with E-state index in [2.05, 4.69) is 15.1 Å². The summed E-state index contributed by atoms with van der Waals surface area (Å²) in [5, 5.41) is 8.39. The number of ether oxygens (including phenoxy) is 1. The Morgan fingerprint density at radius 1 is 1.15 bits per heavy atom. The summed E-state index contributed by atoms with van der Waals surface area (Å²) in [6, 6.07) is 11.8. The zero-order chi connectivity index (χ0) is 14.4. The summed E-state index contributed by atoms with van der Waals surface area (Å²) in [5.41, 5.74) is 7.50. The number of methoxy groups -OCH3 is 1. The molecule has 1 heterocycles. The van der Waals surface area contributed by atoms with Gasteiger partial charge in [0.05, 0.1) is 18.5 Å². The smallest absolute Gasteiger partial charge is 0.155 e. The molecule has 0 bridgehead atoms. The highest BCUT2D eigenvalue weighted by atomic mass is 16.5. The van der Waals surface area contributed by atoms with Gasteiger partial charge in [-0.05, 0) is 44.2 Å². The van der Waals surface area contributed by atoms with Crippen LogP contribution in [0.15, 0.2) is 36.4 Å². The molecular formula is C15H20N4O. The Kier molecular flexibility index (Phi) is 4.90. The molecule has 0 radical (unpaired) electrons. The van der Waals surface area contributed by atoms with Gasteiger partial charge >= 0.3 is 0 Å². The number of aromatic nitrogens is 2. The van der Waals surface area contributed by atoms with E-state index in [-0.39, 0.29) is 0 Å². The first-order valence-electron chi connectivity index (χ1n) is 6.67. The third-order valence-corrected chi connectivity index (χ3v) is 3.02. The Bertz CT molecular complexity index is 542. The van der Waals surface area contributed by atoms with Crippen molar-refractivity contribution in [2.24, 2.45) is 5.73 Å². The average molecular weight is 272 g/mol. The molecule has 2 aromatic rings. The monoisotopic (exact) mass is 272 g/mol. The van der Waals surface area contributed by atoms with E-state index in [1.54, 1.807) is 7.11 Å². The molecule has 0 aliphatic rings. The van der Waals surface area contributed by atoms with Crippen molar-refractivity contribution < 1.29 is 4.74 Å². The average Bonchev–Trinajstić information content (AvgIpc) is 2.50. The van der Waals surface area contributed by atoms with Crippen LogP contribution in [0.2, 0.25) is 0 Å². The van der Waals surface area contributed by atoms with E-state index in [1.807, 2.05) is 43.3 Å². The second-order valence-electron chi connectivity index (χ2n) is 4.50. The molecule has 0 atom stereocenters. The van der Waals surface area contributed by atoms with Gasteiger partial charge < -0.3 is 15.4 Å². The number of para-hydroxylation sites is 2. The molecule has 0 spiro atoms. The van der Waals surface area contributed by atoms with Gasteiger partial charge in [-0.2, -0.15) is 5.10 Å². The van der Waals surface area contributed by atoms with Crippen LogP contribution in [0.5, 0.6) is 5.75 Å². The fourth-order valence-electron chi connectivity index (χ4n) is 2.00.